The number of aliphatic carboxylic acids is 1. The highest BCUT2D eigenvalue weighted by Crippen LogP contribution is 2.40. The molecule has 1 saturated heterocycles. The molecule has 3 aromatic heterocycles. The number of hydrogen-bond donors (Lipinski definition) is 3. The number of nitrogens with zero attached hydrogens (tertiary/aromatic N) is 5. The van der Waals surface area contributed by atoms with Crippen LogP contribution in [0.15, 0.2) is 49.9 Å². The number of aromatic nitrogens is 3. The lowest BCUT2D eigenvalue weighted by Gasteiger charge is -2.49. The Morgan fingerprint density at radius 2 is 2.28 bits per heavy atom. The zero-order valence-electron chi connectivity index (χ0n) is 19.0. The first-order valence-corrected chi connectivity index (χ1v) is 11.6. The van der Waals surface area contributed by atoms with Crippen LogP contribution in [0.4, 0.5) is 6.01 Å². The second-order valence-electron chi connectivity index (χ2n) is 7.99. The van der Waals surface area contributed by atoms with Crippen molar-refractivity contribution in [3.63, 3.8) is 0 Å². The minimum absolute atomic E-state index is 0.103. The molecule has 2 atom stereocenters. The van der Waals surface area contributed by atoms with Crippen molar-refractivity contribution in [2.24, 2.45) is 5.16 Å². The van der Waals surface area contributed by atoms with E-state index in [-0.39, 0.29) is 29.8 Å². The number of carboxylic acid groups (broad SMARTS) is 1. The number of rotatable bonds is 7. The molecular formula is C21H20N7O7S+. The van der Waals surface area contributed by atoms with Crippen LogP contribution in [0.2, 0.25) is 0 Å². The SMILES string of the molecule is CO/N=C(\C(=O)NC1C(=O)N2C(C(=O)O)=C(C[n+]3ccc4cc(C)oc4c3)CS[C@H]12)c1noc(N)n1. The van der Waals surface area contributed by atoms with E-state index in [2.05, 4.69) is 30.0 Å². The Kier molecular flexibility index (Phi) is 5.83. The van der Waals surface area contributed by atoms with Gasteiger partial charge >= 0.3 is 12.0 Å². The molecule has 2 amide bonds. The van der Waals surface area contributed by atoms with Crippen LogP contribution in [-0.4, -0.2) is 67.9 Å². The highest BCUT2D eigenvalue weighted by atomic mass is 32.2. The summed E-state index contributed by atoms with van der Waals surface area (Å²) in [6, 6.07) is 2.52. The maximum absolute atomic E-state index is 13.0. The summed E-state index contributed by atoms with van der Waals surface area (Å²) >= 11 is 1.34. The fourth-order valence-electron chi connectivity index (χ4n) is 4.09. The van der Waals surface area contributed by atoms with Crippen molar-refractivity contribution in [2.75, 3.05) is 18.6 Å². The number of nitrogens with two attached hydrogens (primary N) is 1. The van der Waals surface area contributed by atoms with Crippen LogP contribution >= 0.6 is 11.8 Å². The van der Waals surface area contributed by atoms with Crippen molar-refractivity contribution < 1.29 is 37.8 Å². The maximum Gasteiger partial charge on any atom is 0.352 e. The fraction of sp³-hybridized carbons (Fsp3) is 0.286. The van der Waals surface area contributed by atoms with Gasteiger partial charge in [0.25, 0.3) is 11.8 Å². The molecule has 14 nitrogen and oxygen atoms in total. The number of amides is 2. The quantitative estimate of drug-likeness (QED) is 0.164. The highest BCUT2D eigenvalue weighted by Gasteiger charge is 2.55. The summed E-state index contributed by atoms with van der Waals surface area (Å²) in [7, 11) is 1.22. The van der Waals surface area contributed by atoms with Crippen LogP contribution < -0.4 is 15.6 Å². The third-order valence-corrected chi connectivity index (χ3v) is 6.94. The van der Waals surface area contributed by atoms with Gasteiger partial charge in [-0.1, -0.05) is 10.3 Å². The number of β-lactam (4-membered cyclic amide) rings is 1. The molecule has 0 spiro atoms. The van der Waals surface area contributed by atoms with Gasteiger partial charge in [0.05, 0.1) is 0 Å². The van der Waals surface area contributed by atoms with E-state index in [1.807, 2.05) is 25.3 Å². The van der Waals surface area contributed by atoms with Crippen molar-refractivity contribution in [1.29, 1.82) is 0 Å². The van der Waals surface area contributed by atoms with Crippen molar-refractivity contribution in [3.8, 4) is 0 Å². The van der Waals surface area contributed by atoms with Crippen LogP contribution in [0, 0.1) is 6.92 Å². The van der Waals surface area contributed by atoms with Gasteiger partial charge in [0.1, 0.15) is 30.0 Å². The topological polar surface area (TPSA) is 190 Å². The standard InChI is InChI=1S/C21H19N7O7S/c1-9-5-10-3-4-27(7-12(10)34-9)6-11-8-36-19-14(18(30)28(19)15(11)20(31)32)23-17(29)13(25-33-2)16-24-21(22)35-26-16/h3-5,7,14,19H,6,8H2,1-2H3,(H3-,22,23,24,26,29,31,32)/p+1/b25-13-/t14?,19-/m1/s1. The number of furan rings is 1. The third kappa shape index (κ3) is 4.02. The predicted octanol–water partition coefficient (Wildman–Crippen LogP) is -0.217. The molecule has 1 fully saturated rings. The first kappa shape index (κ1) is 23.3. The fourth-order valence-corrected chi connectivity index (χ4v) is 5.43. The molecule has 0 aliphatic carbocycles. The number of pyridine rings is 1. The lowest BCUT2D eigenvalue weighted by atomic mass is 10.0. The van der Waals surface area contributed by atoms with Gasteiger partial charge in [-0.25, -0.2) is 4.79 Å². The van der Waals surface area contributed by atoms with Gasteiger partial charge in [-0.05, 0) is 13.0 Å². The number of nitrogen functional groups attached to an aromatic ring is 1. The average molecular weight is 515 g/mol. The molecule has 0 saturated carbocycles. The summed E-state index contributed by atoms with van der Waals surface area (Å²) in [6.07, 6.45) is 3.61. The number of oxime groups is 1. The van der Waals surface area contributed by atoms with Crippen molar-refractivity contribution in [2.45, 2.75) is 24.9 Å². The molecule has 15 heteroatoms. The van der Waals surface area contributed by atoms with Crippen LogP contribution in [-0.2, 0) is 25.8 Å². The van der Waals surface area contributed by atoms with Gasteiger partial charge in [0, 0.05) is 22.8 Å². The number of carbonyl (C=O) groups excluding carboxylic acids is 2. The van der Waals surface area contributed by atoms with E-state index in [1.54, 1.807) is 10.8 Å². The van der Waals surface area contributed by atoms with Gasteiger partial charge in [-0.2, -0.15) is 9.55 Å². The minimum Gasteiger partial charge on any atom is -0.477 e. The van der Waals surface area contributed by atoms with E-state index in [0.717, 1.165) is 11.1 Å². The lowest BCUT2D eigenvalue weighted by molar-refractivity contribution is -0.688. The van der Waals surface area contributed by atoms with Gasteiger partial charge in [-0.3, -0.25) is 14.5 Å². The molecule has 3 aromatic rings. The summed E-state index contributed by atoms with van der Waals surface area (Å²) in [5, 5.41) is 19.9. The summed E-state index contributed by atoms with van der Waals surface area (Å²) in [5.74, 6) is -1.72. The smallest absolute Gasteiger partial charge is 0.352 e. The molecule has 0 bridgehead atoms. The highest BCUT2D eigenvalue weighted by molar-refractivity contribution is 8.00. The van der Waals surface area contributed by atoms with E-state index in [0.29, 0.717) is 16.9 Å². The molecule has 2 aliphatic heterocycles. The number of nitrogens with one attached hydrogen (secondary N) is 1. The number of anilines is 1. The Balaban J connectivity index is 1.36. The third-order valence-electron chi connectivity index (χ3n) is 5.60. The second-order valence-corrected chi connectivity index (χ2v) is 9.10. The first-order chi connectivity index (χ1) is 17.3. The lowest BCUT2D eigenvalue weighted by Crippen LogP contribution is -2.71. The molecule has 0 radical (unpaired) electrons. The largest absolute Gasteiger partial charge is 0.477 e. The Hall–Kier alpha value is -4.40. The van der Waals surface area contributed by atoms with Crippen molar-refractivity contribution >= 4 is 52.2 Å². The summed E-state index contributed by atoms with van der Waals surface area (Å²) in [5.41, 5.74) is 6.18. The Morgan fingerprint density at radius 3 is 2.97 bits per heavy atom. The number of aryl methyl sites for hydroxylation is 1. The normalized spacial score (nSPS) is 19.8. The molecule has 1 unspecified atom stereocenters. The van der Waals surface area contributed by atoms with Crippen LogP contribution in [0.3, 0.4) is 0 Å². The number of hydrogen-bond acceptors (Lipinski definition) is 11. The zero-order chi connectivity index (χ0) is 25.6. The average Bonchev–Trinajstić information content (AvgIpc) is 3.44. The molecule has 2 aliphatic rings. The van der Waals surface area contributed by atoms with E-state index in [9.17, 15) is 19.5 Å². The van der Waals surface area contributed by atoms with Crippen molar-refractivity contribution in [1.82, 2.24) is 20.4 Å². The summed E-state index contributed by atoms with van der Waals surface area (Å²) < 4.78 is 12.1. The van der Waals surface area contributed by atoms with Gasteiger partial charge in [-0.15, -0.1) is 11.8 Å². The van der Waals surface area contributed by atoms with Gasteiger partial charge < -0.3 is 29.9 Å². The van der Waals surface area contributed by atoms with Crippen LogP contribution in [0.25, 0.3) is 11.0 Å². The van der Waals surface area contributed by atoms with Crippen LogP contribution in [0.5, 0.6) is 0 Å². The predicted molar refractivity (Wildman–Crippen MR) is 123 cm³/mol. The Bertz CT molecular complexity index is 1460. The monoisotopic (exact) mass is 514 g/mol. The summed E-state index contributed by atoms with van der Waals surface area (Å²) in [6.45, 7) is 2.10. The van der Waals surface area contributed by atoms with Gasteiger partial charge in [0.2, 0.25) is 17.7 Å². The van der Waals surface area contributed by atoms with E-state index >= 15 is 0 Å². The van der Waals surface area contributed by atoms with Crippen LogP contribution in [0.1, 0.15) is 11.6 Å². The molecule has 5 rings (SSSR count). The number of carboxylic acids is 1. The van der Waals surface area contributed by atoms with Gasteiger partial charge in [0.15, 0.2) is 18.3 Å². The number of fused-ring (bicyclic) bond motifs is 2. The molecule has 36 heavy (non-hydrogen) atoms. The van der Waals surface area contributed by atoms with Crippen molar-refractivity contribution in [3.05, 3.63) is 47.4 Å². The maximum atomic E-state index is 13.0. The molecule has 186 valence electrons. The molecule has 5 heterocycles. The van der Waals surface area contributed by atoms with E-state index in [1.165, 1.54) is 23.8 Å². The second kappa shape index (κ2) is 8.99. The Morgan fingerprint density at radius 1 is 1.47 bits per heavy atom. The Labute approximate surface area is 206 Å². The van der Waals surface area contributed by atoms with E-state index < -0.39 is 29.2 Å². The molecule has 4 N–H and O–H groups in total. The molecular weight excluding hydrogens is 494 g/mol. The van der Waals surface area contributed by atoms with E-state index in [4.69, 9.17) is 10.2 Å². The molecule has 0 aromatic carbocycles. The first-order valence-electron chi connectivity index (χ1n) is 10.6. The number of carbonyl (C=O) groups is 3. The zero-order valence-corrected chi connectivity index (χ0v) is 19.8. The summed E-state index contributed by atoms with van der Waals surface area (Å²) in [4.78, 5) is 47.5. The minimum atomic E-state index is -1.23. The number of thioether (sulfide) groups is 1.